The van der Waals surface area contributed by atoms with Gasteiger partial charge in [0.1, 0.15) is 11.3 Å². The standard InChI is InChI=1S/C25H23NO4S/c1-25(2,3)18-9-12-20(13-10-18)31(28,29)26-19-11-14-23-21(15-19)22(27)16-24(30-23)17-7-5-4-6-8-17/h4-16,26H,1-3H3. The van der Waals surface area contributed by atoms with Gasteiger partial charge >= 0.3 is 0 Å². The molecule has 4 rings (SSSR count). The summed E-state index contributed by atoms with van der Waals surface area (Å²) in [6.45, 7) is 6.20. The molecule has 0 saturated carbocycles. The van der Waals surface area contributed by atoms with Gasteiger partial charge in [-0.2, -0.15) is 0 Å². The Kier molecular flexibility index (Phi) is 5.19. The van der Waals surface area contributed by atoms with Crippen LogP contribution in [0.5, 0.6) is 0 Å². The molecule has 0 atom stereocenters. The molecule has 0 aliphatic carbocycles. The molecule has 158 valence electrons. The minimum absolute atomic E-state index is 0.0688. The number of fused-ring (bicyclic) bond motifs is 1. The Balaban J connectivity index is 1.66. The zero-order valence-corrected chi connectivity index (χ0v) is 18.4. The molecule has 1 aromatic heterocycles. The van der Waals surface area contributed by atoms with Crippen molar-refractivity contribution in [1.29, 1.82) is 0 Å². The van der Waals surface area contributed by atoms with Crippen molar-refractivity contribution in [3.05, 3.63) is 94.6 Å². The average molecular weight is 434 g/mol. The normalized spacial score (nSPS) is 12.1. The third-order valence-electron chi connectivity index (χ3n) is 5.07. The lowest BCUT2D eigenvalue weighted by atomic mass is 9.87. The molecule has 1 heterocycles. The van der Waals surface area contributed by atoms with Crippen LogP contribution < -0.4 is 10.2 Å². The van der Waals surface area contributed by atoms with E-state index in [1.165, 1.54) is 12.1 Å². The smallest absolute Gasteiger partial charge is 0.261 e. The highest BCUT2D eigenvalue weighted by atomic mass is 32.2. The molecule has 0 spiro atoms. The van der Waals surface area contributed by atoms with Crippen LogP contribution in [0.15, 0.2) is 93.0 Å². The highest BCUT2D eigenvalue weighted by molar-refractivity contribution is 7.92. The predicted octanol–water partition coefficient (Wildman–Crippen LogP) is 5.56. The fourth-order valence-corrected chi connectivity index (χ4v) is 4.36. The van der Waals surface area contributed by atoms with E-state index in [-0.39, 0.29) is 15.7 Å². The van der Waals surface area contributed by atoms with E-state index in [4.69, 9.17) is 4.42 Å². The molecule has 0 amide bonds. The quantitative estimate of drug-likeness (QED) is 0.457. The van der Waals surface area contributed by atoms with Gasteiger partial charge in [-0.1, -0.05) is 63.2 Å². The summed E-state index contributed by atoms with van der Waals surface area (Å²) in [7, 11) is -3.79. The predicted molar refractivity (Wildman–Crippen MR) is 124 cm³/mol. The second-order valence-electron chi connectivity index (χ2n) is 8.43. The van der Waals surface area contributed by atoms with Crippen LogP contribution in [0, 0.1) is 0 Å². The Morgan fingerprint density at radius 3 is 2.16 bits per heavy atom. The van der Waals surface area contributed by atoms with E-state index in [0.717, 1.165) is 11.1 Å². The van der Waals surface area contributed by atoms with Gasteiger partial charge in [0.05, 0.1) is 10.3 Å². The Labute approximate surface area is 181 Å². The Morgan fingerprint density at radius 1 is 0.839 bits per heavy atom. The summed E-state index contributed by atoms with van der Waals surface area (Å²) in [5.74, 6) is 0.463. The minimum atomic E-state index is -3.79. The van der Waals surface area contributed by atoms with Crippen LogP contribution in [0.1, 0.15) is 26.3 Å². The molecule has 0 saturated heterocycles. The van der Waals surface area contributed by atoms with Crippen molar-refractivity contribution in [1.82, 2.24) is 0 Å². The van der Waals surface area contributed by atoms with Crippen LogP contribution in [0.3, 0.4) is 0 Å². The summed E-state index contributed by atoms with van der Waals surface area (Å²) in [5.41, 5.74) is 2.22. The maximum absolute atomic E-state index is 12.8. The topological polar surface area (TPSA) is 76.4 Å². The lowest BCUT2D eigenvalue weighted by Gasteiger charge is -2.19. The highest BCUT2D eigenvalue weighted by Crippen LogP contribution is 2.26. The van der Waals surface area contributed by atoms with Crippen LogP contribution in [0.25, 0.3) is 22.3 Å². The molecule has 5 nitrogen and oxygen atoms in total. The van der Waals surface area contributed by atoms with Crippen LogP contribution in [-0.4, -0.2) is 8.42 Å². The minimum Gasteiger partial charge on any atom is -0.456 e. The van der Waals surface area contributed by atoms with E-state index in [1.54, 1.807) is 24.3 Å². The largest absolute Gasteiger partial charge is 0.456 e. The molecule has 1 N–H and O–H groups in total. The third kappa shape index (κ3) is 4.39. The van der Waals surface area contributed by atoms with E-state index in [1.807, 2.05) is 42.5 Å². The number of rotatable bonds is 4. The first kappa shape index (κ1) is 20.9. The Morgan fingerprint density at radius 2 is 1.52 bits per heavy atom. The van der Waals surface area contributed by atoms with E-state index < -0.39 is 10.0 Å². The number of anilines is 1. The van der Waals surface area contributed by atoms with Gasteiger partial charge < -0.3 is 4.42 Å². The van der Waals surface area contributed by atoms with Gasteiger partial charge in [0.15, 0.2) is 5.43 Å². The second-order valence-corrected chi connectivity index (χ2v) is 10.1. The van der Waals surface area contributed by atoms with Crippen molar-refractivity contribution in [3.63, 3.8) is 0 Å². The van der Waals surface area contributed by atoms with E-state index >= 15 is 0 Å². The summed E-state index contributed by atoms with van der Waals surface area (Å²) >= 11 is 0. The summed E-state index contributed by atoms with van der Waals surface area (Å²) in [6.07, 6.45) is 0. The van der Waals surface area contributed by atoms with Crippen molar-refractivity contribution >= 4 is 26.7 Å². The SMILES string of the molecule is CC(C)(C)c1ccc(S(=O)(=O)Nc2ccc3oc(-c4ccccc4)cc(=O)c3c2)cc1. The molecule has 0 radical (unpaired) electrons. The fourth-order valence-electron chi connectivity index (χ4n) is 3.31. The van der Waals surface area contributed by atoms with Gasteiger partial charge in [-0.25, -0.2) is 8.42 Å². The first-order valence-corrected chi connectivity index (χ1v) is 11.4. The maximum Gasteiger partial charge on any atom is 0.261 e. The highest BCUT2D eigenvalue weighted by Gasteiger charge is 2.18. The first-order chi connectivity index (χ1) is 14.6. The molecule has 3 aromatic carbocycles. The summed E-state index contributed by atoms with van der Waals surface area (Å²) in [6, 6.07) is 22.2. The van der Waals surface area contributed by atoms with Gasteiger partial charge in [0, 0.05) is 17.3 Å². The van der Waals surface area contributed by atoms with Gasteiger partial charge in [0.2, 0.25) is 0 Å². The zero-order chi connectivity index (χ0) is 22.2. The summed E-state index contributed by atoms with van der Waals surface area (Å²) in [5, 5.41) is 0.308. The van der Waals surface area contributed by atoms with Crippen LogP contribution in [-0.2, 0) is 15.4 Å². The third-order valence-corrected chi connectivity index (χ3v) is 6.47. The lowest BCUT2D eigenvalue weighted by Crippen LogP contribution is -2.15. The van der Waals surface area contributed by atoms with Crippen molar-refractivity contribution in [2.75, 3.05) is 4.72 Å². The molecule has 0 unspecified atom stereocenters. The Hall–Kier alpha value is -3.38. The van der Waals surface area contributed by atoms with Gasteiger partial charge in [-0.3, -0.25) is 9.52 Å². The van der Waals surface area contributed by atoms with E-state index in [2.05, 4.69) is 25.5 Å². The number of hydrogen-bond donors (Lipinski definition) is 1. The van der Waals surface area contributed by atoms with Crippen molar-refractivity contribution in [2.24, 2.45) is 0 Å². The second kappa shape index (κ2) is 7.71. The molecule has 0 aliphatic rings. The van der Waals surface area contributed by atoms with Crippen molar-refractivity contribution in [2.45, 2.75) is 31.1 Å². The number of nitrogens with one attached hydrogen (secondary N) is 1. The monoisotopic (exact) mass is 433 g/mol. The number of hydrogen-bond acceptors (Lipinski definition) is 4. The fraction of sp³-hybridized carbons (Fsp3) is 0.160. The molecular weight excluding hydrogens is 410 g/mol. The van der Waals surface area contributed by atoms with Gasteiger partial charge in [0.25, 0.3) is 10.0 Å². The van der Waals surface area contributed by atoms with Crippen molar-refractivity contribution < 1.29 is 12.8 Å². The molecule has 4 aromatic rings. The number of benzene rings is 3. The van der Waals surface area contributed by atoms with Crippen molar-refractivity contribution in [3.8, 4) is 11.3 Å². The molecule has 6 heteroatoms. The summed E-state index contributed by atoms with van der Waals surface area (Å²) < 4.78 is 34.0. The van der Waals surface area contributed by atoms with Crippen LogP contribution in [0.2, 0.25) is 0 Å². The van der Waals surface area contributed by atoms with E-state index in [0.29, 0.717) is 22.4 Å². The molecule has 0 aliphatic heterocycles. The van der Waals surface area contributed by atoms with Crippen LogP contribution in [0.4, 0.5) is 5.69 Å². The maximum atomic E-state index is 12.8. The Bertz CT molecular complexity index is 1400. The lowest BCUT2D eigenvalue weighted by molar-refractivity contribution is 0.587. The molecule has 0 fully saturated rings. The summed E-state index contributed by atoms with van der Waals surface area (Å²) in [4.78, 5) is 12.8. The zero-order valence-electron chi connectivity index (χ0n) is 17.5. The molecule has 31 heavy (non-hydrogen) atoms. The van der Waals surface area contributed by atoms with E-state index in [9.17, 15) is 13.2 Å². The average Bonchev–Trinajstić information content (AvgIpc) is 2.74. The first-order valence-electron chi connectivity index (χ1n) is 9.90. The van der Waals surface area contributed by atoms with Gasteiger partial charge in [-0.15, -0.1) is 0 Å². The number of sulfonamides is 1. The van der Waals surface area contributed by atoms with Gasteiger partial charge in [-0.05, 0) is 41.3 Å². The molecular formula is C25H23NO4S. The molecule has 0 bridgehead atoms. The van der Waals surface area contributed by atoms with Crippen LogP contribution >= 0.6 is 0 Å².